The van der Waals surface area contributed by atoms with Crippen molar-refractivity contribution >= 4 is 0 Å². The summed E-state index contributed by atoms with van der Waals surface area (Å²) < 4.78 is 0. The molecule has 0 atom stereocenters. The molecule has 0 aliphatic rings. The molecule has 0 amide bonds. The van der Waals surface area contributed by atoms with Crippen molar-refractivity contribution in [1.29, 1.82) is 0 Å². The molecule has 0 heterocycles. The molecule has 3 heteroatoms. The first-order valence-electron chi connectivity index (χ1n) is 3.83. The zero-order chi connectivity index (χ0) is 7.11. The van der Waals surface area contributed by atoms with Gasteiger partial charge in [-0.3, -0.25) is 5.43 Å². The van der Waals surface area contributed by atoms with Crippen LogP contribution in [-0.4, -0.2) is 24.6 Å². The lowest BCUT2D eigenvalue weighted by Gasteiger charge is -2.18. The van der Waals surface area contributed by atoms with Crippen LogP contribution in [0.3, 0.4) is 0 Å². The maximum atomic E-state index is 3.30. The summed E-state index contributed by atoms with van der Waals surface area (Å²) in [6, 6.07) is 0. The van der Waals surface area contributed by atoms with Gasteiger partial charge in [0.2, 0.25) is 0 Å². The van der Waals surface area contributed by atoms with Gasteiger partial charge < -0.3 is 6.15 Å². The molecule has 0 spiro atoms. The lowest BCUT2D eigenvalue weighted by Crippen LogP contribution is -2.37. The molecule has 0 aromatic carbocycles. The van der Waals surface area contributed by atoms with E-state index in [-0.39, 0.29) is 6.15 Å². The molecule has 0 aromatic rings. The van der Waals surface area contributed by atoms with Gasteiger partial charge in [-0.1, -0.05) is 20.8 Å². The zero-order valence-electron chi connectivity index (χ0n) is 7.48. The second-order valence-electron chi connectivity index (χ2n) is 2.08. The van der Waals surface area contributed by atoms with Crippen molar-refractivity contribution in [2.45, 2.75) is 27.2 Å². The van der Waals surface area contributed by atoms with Crippen LogP contribution in [0.25, 0.3) is 0 Å². The van der Waals surface area contributed by atoms with Crippen LogP contribution in [0.5, 0.6) is 0 Å². The van der Waals surface area contributed by atoms with Crippen LogP contribution in [0.15, 0.2) is 0 Å². The molecule has 0 saturated heterocycles. The van der Waals surface area contributed by atoms with Gasteiger partial charge in [-0.05, 0) is 6.42 Å². The highest BCUT2D eigenvalue weighted by atomic mass is 15.5. The second-order valence-corrected chi connectivity index (χ2v) is 2.08. The van der Waals surface area contributed by atoms with Gasteiger partial charge in [0, 0.05) is 19.6 Å². The standard InChI is InChI=1S/C7H18N2.H3N/c1-4-7-8-9(5-2)6-3;/h8H,4-7H2,1-3H3;1H3. The van der Waals surface area contributed by atoms with E-state index in [4.69, 9.17) is 0 Å². The van der Waals surface area contributed by atoms with Gasteiger partial charge in [0.15, 0.2) is 0 Å². The molecule has 0 aromatic heterocycles. The molecule has 64 valence electrons. The summed E-state index contributed by atoms with van der Waals surface area (Å²) in [4.78, 5) is 0. The molecule has 0 aliphatic heterocycles. The predicted octanol–water partition coefficient (Wildman–Crippen LogP) is 1.40. The smallest absolute Gasteiger partial charge is 0.0102 e. The number of hydrogen-bond acceptors (Lipinski definition) is 3. The van der Waals surface area contributed by atoms with Crippen LogP contribution in [0, 0.1) is 0 Å². The minimum absolute atomic E-state index is 0. The number of hydrogen-bond donors (Lipinski definition) is 2. The second kappa shape index (κ2) is 8.88. The van der Waals surface area contributed by atoms with Gasteiger partial charge in [-0.15, -0.1) is 0 Å². The summed E-state index contributed by atoms with van der Waals surface area (Å²) in [5.74, 6) is 0. The molecule has 0 unspecified atom stereocenters. The van der Waals surface area contributed by atoms with Gasteiger partial charge in [0.05, 0.1) is 0 Å². The van der Waals surface area contributed by atoms with Crippen LogP contribution >= 0.6 is 0 Å². The predicted molar refractivity (Wildman–Crippen MR) is 46.2 cm³/mol. The Morgan fingerprint density at radius 3 is 1.90 bits per heavy atom. The molecule has 4 N–H and O–H groups in total. The molecule has 0 bridgehead atoms. The van der Waals surface area contributed by atoms with Crippen LogP contribution in [0.2, 0.25) is 0 Å². The Kier molecular flexibility index (Phi) is 11.1. The van der Waals surface area contributed by atoms with Crippen LogP contribution in [0.1, 0.15) is 27.2 Å². The Morgan fingerprint density at radius 1 is 1.10 bits per heavy atom. The van der Waals surface area contributed by atoms with Crippen molar-refractivity contribution in [1.82, 2.24) is 16.6 Å². The van der Waals surface area contributed by atoms with E-state index in [1.54, 1.807) is 0 Å². The monoisotopic (exact) mass is 147 g/mol. The van der Waals surface area contributed by atoms with Crippen molar-refractivity contribution in [3.05, 3.63) is 0 Å². The fourth-order valence-corrected chi connectivity index (χ4v) is 0.717. The summed E-state index contributed by atoms with van der Waals surface area (Å²) >= 11 is 0. The minimum Gasteiger partial charge on any atom is -0.344 e. The molecule has 0 radical (unpaired) electrons. The van der Waals surface area contributed by atoms with Crippen molar-refractivity contribution in [2.24, 2.45) is 0 Å². The van der Waals surface area contributed by atoms with E-state index in [0.717, 1.165) is 19.6 Å². The van der Waals surface area contributed by atoms with Crippen molar-refractivity contribution in [3.63, 3.8) is 0 Å². The minimum atomic E-state index is 0. The first-order valence-corrected chi connectivity index (χ1v) is 3.83. The van der Waals surface area contributed by atoms with Gasteiger partial charge in [0.25, 0.3) is 0 Å². The zero-order valence-corrected chi connectivity index (χ0v) is 7.48. The largest absolute Gasteiger partial charge is 0.344 e. The quantitative estimate of drug-likeness (QED) is 0.578. The van der Waals surface area contributed by atoms with Crippen molar-refractivity contribution in [3.8, 4) is 0 Å². The summed E-state index contributed by atoms with van der Waals surface area (Å²) in [7, 11) is 0. The molecule has 0 rings (SSSR count). The van der Waals surface area contributed by atoms with Crippen molar-refractivity contribution < 1.29 is 0 Å². The van der Waals surface area contributed by atoms with Gasteiger partial charge >= 0.3 is 0 Å². The average Bonchev–Trinajstić information content (AvgIpc) is 1.91. The molecular formula is C7H21N3. The lowest BCUT2D eigenvalue weighted by atomic mass is 10.5. The Labute approximate surface area is 64.3 Å². The van der Waals surface area contributed by atoms with Crippen molar-refractivity contribution in [2.75, 3.05) is 19.6 Å². The summed E-state index contributed by atoms with van der Waals surface area (Å²) in [5, 5.41) is 2.21. The van der Waals surface area contributed by atoms with E-state index in [2.05, 4.69) is 31.2 Å². The van der Waals surface area contributed by atoms with Crippen LogP contribution in [0.4, 0.5) is 0 Å². The van der Waals surface area contributed by atoms with E-state index >= 15 is 0 Å². The van der Waals surface area contributed by atoms with Gasteiger partial charge in [0.1, 0.15) is 0 Å². The first-order chi connectivity index (χ1) is 4.35. The Balaban J connectivity index is 0. The maximum Gasteiger partial charge on any atom is 0.0102 e. The molecule has 0 fully saturated rings. The van der Waals surface area contributed by atoms with E-state index in [1.807, 2.05) is 0 Å². The summed E-state index contributed by atoms with van der Waals surface area (Å²) in [6.07, 6.45) is 1.20. The highest BCUT2D eigenvalue weighted by molar-refractivity contribution is 4.43. The number of nitrogens with one attached hydrogen (secondary N) is 1. The van der Waals surface area contributed by atoms with Crippen LogP contribution in [-0.2, 0) is 0 Å². The van der Waals surface area contributed by atoms with E-state index in [9.17, 15) is 0 Å². The Morgan fingerprint density at radius 2 is 1.60 bits per heavy atom. The third-order valence-electron chi connectivity index (χ3n) is 1.35. The SMILES string of the molecule is CCCNN(CC)CC.N. The fourth-order valence-electron chi connectivity index (χ4n) is 0.717. The highest BCUT2D eigenvalue weighted by Crippen LogP contribution is 1.79. The molecule has 0 aliphatic carbocycles. The summed E-state index contributed by atoms with van der Waals surface area (Å²) in [5.41, 5.74) is 3.30. The maximum absolute atomic E-state index is 3.30. The van der Waals surface area contributed by atoms with E-state index in [0.29, 0.717) is 0 Å². The first kappa shape index (κ1) is 12.5. The molecule has 10 heavy (non-hydrogen) atoms. The number of hydrazine groups is 1. The Hall–Kier alpha value is -0.120. The highest BCUT2D eigenvalue weighted by Gasteiger charge is 1.92. The Bertz CT molecular complexity index is 52.8. The third-order valence-corrected chi connectivity index (χ3v) is 1.35. The topological polar surface area (TPSA) is 50.3 Å². The van der Waals surface area contributed by atoms with Crippen LogP contribution < -0.4 is 11.6 Å². The van der Waals surface area contributed by atoms with Gasteiger partial charge in [-0.2, -0.15) is 0 Å². The molecule has 0 saturated carbocycles. The molecular weight excluding hydrogens is 126 g/mol. The normalized spacial score (nSPS) is 9.60. The number of nitrogens with zero attached hydrogens (tertiary/aromatic N) is 1. The third kappa shape index (κ3) is 6.01. The van der Waals surface area contributed by atoms with Gasteiger partial charge in [-0.25, -0.2) is 5.01 Å². The van der Waals surface area contributed by atoms with E-state index in [1.165, 1.54) is 6.42 Å². The molecule has 3 nitrogen and oxygen atoms in total. The number of rotatable bonds is 5. The lowest BCUT2D eigenvalue weighted by molar-refractivity contribution is 0.209. The average molecular weight is 147 g/mol. The summed E-state index contributed by atoms with van der Waals surface area (Å²) in [6.45, 7) is 9.78. The fraction of sp³-hybridized carbons (Fsp3) is 1.00. The van der Waals surface area contributed by atoms with E-state index < -0.39 is 0 Å².